The molecule has 0 aromatic carbocycles. The zero-order valence-electron chi connectivity index (χ0n) is 9.80. The van der Waals surface area contributed by atoms with Gasteiger partial charge >= 0.3 is 0 Å². The molecule has 0 aromatic heterocycles. The first-order chi connectivity index (χ1) is 5.57. The van der Waals surface area contributed by atoms with Gasteiger partial charge in [0.05, 0.1) is 0 Å². The average molecular weight is 185 g/mol. The third kappa shape index (κ3) is 3.75. The number of rotatable bonds is 2. The summed E-state index contributed by atoms with van der Waals surface area (Å²) in [6.07, 6.45) is 0. The molecule has 3 heteroatoms. The molecule has 0 unspecified atom stereocenters. The van der Waals surface area contributed by atoms with E-state index in [1.165, 1.54) is 0 Å². The molecule has 0 spiro atoms. The topological polar surface area (TPSA) is 38.4 Å². The Morgan fingerprint density at radius 1 is 1.08 bits per heavy atom. The van der Waals surface area contributed by atoms with Crippen molar-refractivity contribution in [3.05, 3.63) is 11.1 Å². The Kier molecular flexibility index (Phi) is 3.47. The van der Waals surface area contributed by atoms with E-state index in [1.807, 2.05) is 48.5 Å². The number of hydroxylamine groups is 1. The molecule has 0 rings (SSSR count). The van der Waals surface area contributed by atoms with Crippen LogP contribution >= 0.6 is 0 Å². The Labute approximate surface area is 81.4 Å². The Hall–Kier alpha value is -0.600. The highest BCUT2D eigenvalue weighted by atomic mass is 16.5. The second-order valence-corrected chi connectivity index (χ2v) is 5.10. The van der Waals surface area contributed by atoms with E-state index in [-0.39, 0.29) is 5.54 Å². The summed E-state index contributed by atoms with van der Waals surface area (Å²) >= 11 is 0. The number of hydrogen-bond acceptors (Lipinski definition) is 2. The van der Waals surface area contributed by atoms with E-state index >= 15 is 0 Å². The van der Waals surface area contributed by atoms with Gasteiger partial charge in [0.1, 0.15) is 5.54 Å². The van der Waals surface area contributed by atoms with Crippen molar-refractivity contribution in [1.82, 2.24) is 0 Å². The van der Waals surface area contributed by atoms with Gasteiger partial charge < -0.3 is 5.21 Å². The first-order valence-electron chi connectivity index (χ1n) is 4.58. The van der Waals surface area contributed by atoms with Crippen molar-refractivity contribution in [3.8, 4) is 0 Å². The molecular weight excluding hydrogens is 164 g/mol. The van der Waals surface area contributed by atoms with Crippen LogP contribution in [-0.4, -0.2) is 15.9 Å². The molecule has 3 nitrogen and oxygen atoms in total. The largest absolute Gasteiger partial charge is 0.600 e. The van der Waals surface area contributed by atoms with Crippen LogP contribution in [0.25, 0.3) is 0 Å². The van der Waals surface area contributed by atoms with E-state index in [1.54, 1.807) is 0 Å². The van der Waals surface area contributed by atoms with Gasteiger partial charge in [0.15, 0.2) is 5.54 Å². The Morgan fingerprint density at radius 2 is 1.46 bits per heavy atom. The monoisotopic (exact) mass is 185 g/mol. The average Bonchev–Trinajstić information content (AvgIpc) is 1.83. The van der Waals surface area contributed by atoms with E-state index in [9.17, 15) is 5.21 Å². The predicted octanol–water partition coefficient (Wildman–Crippen LogP) is 3.14. The fourth-order valence-corrected chi connectivity index (χ4v) is 0.477. The SMILES string of the molecule is C[C](C)C(C)(C)N=[N+]([O-])C(C)(C)C. The summed E-state index contributed by atoms with van der Waals surface area (Å²) in [5, 5.41) is 15.6. The van der Waals surface area contributed by atoms with Crippen molar-refractivity contribution in [3.63, 3.8) is 0 Å². The number of hydrogen-bond donors (Lipinski definition) is 0. The Balaban J connectivity index is 4.75. The van der Waals surface area contributed by atoms with Gasteiger partial charge in [-0.1, -0.05) is 18.7 Å². The molecule has 0 fully saturated rings. The van der Waals surface area contributed by atoms with E-state index in [0.717, 1.165) is 10.8 Å². The van der Waals surface area contributed by atoms with Crippen molar-refractivity contribution >= 4 is 0 Å². The van der Waals surface area contributed by atoms with Gasteiger partial charge in [-0.2, -0.15) is 0 Å². The molecule has 1 radical (unpaired) electrons. The maximum atomic E-state index is 11.5. The van der Waals surface area contributed by atoms with Crippen LogP contribution in [0.3, 0.4) is 0 Å². The van der Waals surface area contributed by atoms with Crippen molar-refractivity contribution in [1.29, 1.82) is 0 Å². The maximum absolute atomic E-state index is 11.5. The molecule has 0 amide bonds. The minimum atomic E-state index is -0.452. The molecule has 13 heavy (non-hydrogen) atoms. The van der Waals surface area contributed by atoms with Gasteiger partial charge in [0.25, 0.3) is 0 Å². The summed E-state index contributed by atoms with van der Waals surface area (Å²) < 4.78 is 0. The lowest BCUT2D eigenvalue weighted by Gasteiger charge is -2.24. The van der Waals surface area contributed by atoms with Gasteiger partial charge in [-0.15, -0.1) is 0 Å². The molecule has 0 saturated heterocycles. The van der Waals surface area contributed by atoms with Crippen molar-refractivity contribution in [2.24, 2.45) is 5.11 Å². The molecule has 0 N–H and O–H groups in total. The minimum absolute atomic E-state index is 0.366. The van der Waals surface area contributed by atoms with Gasteiger partial charge in [-0.05, 0) is 19.0 Å². The van der Waals surface area contributed by atoms with Crippen LogP contribution in [0.2, 0.25) is 0 Å². The predicted molar refractivity (Wildman–Crippen MR) is 54.5 cm³/mol. The van der Waals surface area contributed by atoms with Gasteiger partial charge in [-0.3, -0.25) is 0 Å². The molecule has 77 valence electrons. The standard InChI is InChI=1S/C10H21N2O/c1-8(2)10(6,7)11-12(13)9(3,4)5/h1-7H3. The molecule has 0 aromatic rings. The second-order valence-electron chi connectivity index (χ2n) is 5.10. The third-order valence-corrected chi connectivity index (χ3v) is 2.14. The van der Waals surface area contributed by atoms with E-state index in [0.29, 0.717) is 0 Å². The van der Waals surface area contributed by atoms with Crippen LogP contribution in [-0.2, 0) is 0 Å². The first-order valence-corrected chi connectivity index (χ1v) is 4.58. The fraction of sp³-hybridized carbons (Fsp3) is 0.900. The van der Waals surface area contributed by atoms with Gasteiger partial charge in [0, 0.05) is 26.7 Å². The molecule has 0 bridgehead atoms. The lowest BCUT2D eigenvalue weighted by Crippen LogP contribution is -2.33. The lowest BCUT2D eigenvalue weighted by atomic mass is 9.92. The molecule has 0 saturated carbocycles. The van der Waals surface area contributed by atoms with Crippen LogP contribution in [0.4, 0.5) is 0 Å². The summed E-state index contributed by atoms with van der Waals surface area (Å²) in [5.74, 6) is 1.14. The summed E-state index contributed by atoms with van der Waals surface area (Å²) in [5.41, 5.74) is -0.818. The highest BCUT2D eigenvalue weighted by Gasteiger charge is 2.30. The smallest absolute Gasteiger partial charge is 0.190 e. The first kappa shape index (κ1) is 12.4. The van der Waals surface area contributed by atoms with Crippen LogP contribution in [0, 0.1) is 11.1 Å². The highest BCUT2D eigenvalue weighted by molar-refractivity contribution is 5.00. The molecular formula is C10H21N2O. The van der Waals surface area contributed by atoms with Crippen molar-refractivity contribution in [2.45, 2.75) is 59.5 Å². The molecule has 0 aliphatic heterocycles. The Bertz CT molecular complexity index is 199. The summed E-state index contributed by atoms with van der Waals surface area (Å²) in [6.45, 7) is 13.4. The normalized spacial score (nSPS) is 15.2. The van der Waals surface area contributed by atoms with Gasteiger partial charge in [0.2, 0.25) is 0 Å². The van der Waals surface area contributed by atoms with E-state index < -0.39 is 5.54 Å². The summed E-state index contributed by atoms with van der Waals surface area (Å²) in [4.78, 5) is 0.792. The van der Waals surface area contributed by atoms with E-state index in [2.05, 4.69) is 5.11 Å². The van der Waals surface area contributed by atoms with Crippen LogP contribution in [0.1, 0.15) is 48.5 Å². The quantitative estimate of drug-likeness (QED) is 0.370. The second kappa shape index (κ2) is 3.64. The van der Waals surface area contributed by atoms with Gasteiger partial charge in [-0.25, -0.2) is 0 Å². The van der Waals surface area contributed by atoms with Crippen molar-refractivity contribution < 1.29 is 4.86 Å². The van der Waals surface area contributed by atoms with Crippen LogP contribution in [0.15, 0.2) is 5.11 Å². The lowest BCUT2D eigenvalue weighted by molar-refractivity contribution is -0.604. The zero-order valence-corrected chi connectivity index (χ0v) is 9.80. The zero-order chi connectivity index (χ0) is 10.9. The highest BCUT2D eigenvalue weighted by Crippen LogP contribution is 2.23. The number of nitrogens with zero attached hydrogens (tertiary/aromatic N) is 2. The number of azo groups is 1. The van der Waals surface area contributed by atoms with Crippen molar-refractivity contribution in [2.75, 3.05) is 0 Å². The minimum Gasteiger partial charge on any atom is -0.600 e. The molecule has 0 aliphatic rings. The fourth-order valence-electron chi connectivity index (χ4n) is 0.477. The maximum Gasteiger partial charge on any atom is 0.190 e. The summed E-state index contributed by atoms with van der Waals surface area (Å²) in [6, 6.07) is 0. The van der Waals surface area contributed by atoms with Crippen LogP contribution < -0.4 is 0 Å². The molecule has 0 aliphatic carbocycles. The van der Waals surface area contributed by atoms with Crippen LogP contribution in [0.5, 0.6) is 0 Å². The molecule has 0 heterocycles. The summed E-state index contributed by atoms with van der Waals surface area (Å²) in [7, 11) is 0. The molecule has 0 atom stereocenters. The Morgan fingerprint density at radius 3 is 1.69 bits per heavy atom. The van der Waals surface area contributed by atoms with E-state index in [4.69, 9.17) is 0 Å². The third-order valence-electron chi connectivity index (χ3n) is 2.14.